The maximum Gasteiger partial charge on any atom is 0.306 e. The second-order valence-corrected chi connectivity index (χ2v) is 10.4. The Bertz CT molecular complexity index is 740. The second kappa shape index (κ2) is 21.5. The zero-order valence-corrected chi connectivity index (χ0v) is 25.0. The van der Waals surface area contributed by atoms with Crippen LogP contribution in [0.4, 0.5) is 0 Å². The van der Waals surface area contributed by atoms with Crippen LogP contribution in [0.5, 0.6) is 0 Å². The lowest BCUT2D eigenvalue weighted by Gasteiger charge is -2.43. The molecule has 232 valence electrons. The number of ether oxygens (including phenoxy) is 5. The Hall–Kier alpha value is -2.20. The largest absolute Gasteiger partial charge is 0.463 e. The normalized spacial score (nSPS) is 22.4. The molecule has 5 atom stereocenters. The Kier molecular flexibility index (Phi) is 19.3. The van der Waals surface area contributed by atoms with E-state index in [1.165, 1.54) is 0 Å². The lowest BCUT2D eigenvalue weighted by Crippen LogP contribution is -2.62. The van der Waals surface area contributed by atoms with E-state index in [1.807, 2.05) is 27.7 Å². The molecule has 0 aliphatic carbocycles. The number of carbonyl (C=O) groups excluding carboxylic acids is 4. The van der Waals surface area contributed by atoms with Crippen LogP contribution in [0.15, 0.2) is 0 Å². The van der Waals surface area contributed by atoms with E-state index >= 15 is 0 Å². The molecular formula is C30H52O10. The van der Waals surface area contributed by atoms with Gasteiger partial charge in [0.25, 0.3) is 0 Å². The van der Waals surface area contributed by atoms with E-state index in [0.717, 1.165) is 51.4 Å². The minimum absolute atomic E-state index is 0.118. The summed E-state index contributed by atoms with van der Waals surface area (Å²) in [5, 5.41) is 10.8. The molecule has 40 heavy (non-hydrogen) atoms. The van der Waals surface area contributed by atoms with E-state index in [-0.39, 0.29) is 32.3 Å². The molecule has 10 nitrogen and oxygen atoms in total. The highest BCUT2D eigenvalue weighted by atomic mass is 16.7. The van der Waals surface area contributed by atoms with E-state index < -0.39 is 54.6 Å². The average Bonchev–Trinajstić information content (AvgIpc) is 2.91. The van der Waals surface area contributed by atoms with Gasteiger partial charge in [0.05, 0.1) is 0 Å². The quantitative estimate of drug-likeness (QED) is 0.110. The molecule has 0 unspecified atom stereocenters. The molecule has 0 aromatic heterocycles. The standard InChI is InChI=1S/C30H52O10/c1-5-9-13-17-23(31)36-21-22-27(38-24(32)18-14-10-6-2)28(39-25(33)19-15-11-7-3)29(30(35)37-22)40-26(34)20-16-12-8-4/h22,27-30,35H,5-21H2,1-4H3/t22-,27-,28+,29+,30+/m1/s1. The van der Waals surface area contributed by atoms with Crippen molar-refractivity contribution in [1.82, 2.24) is 0 Å². The summed E-state index contributed by atoms with van der Waals surface area (Å²) in [6.45, 7) is 7.74. The highest BCUT2D eigenvalue weighted by molar-refractivity contribution is 5.72. The maximum atomic E-state index is 12.8. The Balaban J connectivity index is 3.17. The molecule has 1 fully saturated rings. The van der Waals surface area contributed by atoms with Crippen LogP contribution < -0.4 is 0 Å². The zero-order valence-electron chi connectivity index (χ0n) is 25.0. The van der Waals surface area contributed by atoms with Crippen LogP contribution in [0, 0.1) is 0 Å². The van der Waals surface area contributed by atoms with Gasteiger partial charge in [-0.25, -0.2) is 0 Å². The molecule has 1 heterocycles. The number of carbonyl (C=O) groups is 4. The van der Waals surface area contributed by atoms with Gasteiger partial charge < -0.3 is 28.8 Å². The van der Waals surface area contributed by atoms with Gasteiger partial charge in [-0.1, -0.05) is 79.1 Å². The molecule has 0 radical (unpaired) electrons. The Morgan fingerprint density at radius 3 is 1.35 bits per heavy atom. The summed E-state index contributed by atoms with van der Waals surface area (Å²) in [6.07, 6.45) is 3.36. The fourth-order valence-corrected chi connectivity index (χ4v) is 4.39. The lowest BCUT2D eigenvalue weighted by atomic mass is 9.98. The van der Waals surface area contributed by atoms with Crippen LogP contribution >= 0.6 is 0 Å². The monoisotopic (exact) mass is 572 g/mol. The van der Waals surface area contributed by atoms with Gasteiger partial charge in [-0.15, -0.1) is 0 Å². The molecule has 1 aliphatic rings. The van der Waals surface area contributed by atoms with Crippen LogP contribution in [0.1, 0.15) is 130 Å². The van der Waals surface area contributed by atoms with Gasteiger partial charge in [0, 0.05) is 25.7 Å². The number of hydrogen-bond acceptors (Lipinski definition) is 10. The molecule has 1 N–H and O–H groups in total. The van der Waals surface area contributed by atoms with Crippen molar-refractivity contribution in [3.63, 3.8) is 0 Å². The van der Waals surface area contributed by atoms with Crippen molar-refractivity contribution in [3.05, 3.63) is 0 Å². The molecule has 1 saturated heterocycles. The van der Waals surface area contributed by atoms with Crippen LogP contribution in [-0.2, 0) is 42.9 Å². The van der Waals surface area contributed by atoms with Crippen LogP contribution in [0.25, 0.3) is 0 Å². The predicted octanol–water partition coefficient (Wildman–Crippen LogP) is 5.30. The number of hydrogen-bond donors (Lipinski definition) is 1. The second-order valence-electron chi connectivity index (χ2n) is 10.4. The number of aliphatic hydroxyl groups is 1. The number of esters is 4. The van der Waals surface area contributed by atoms with E-state index in [1.54, 1.807) is 0 Å². The third kappa shape index (κ3) is 14.4. The summed E-state index contributed by atoms with van der Waals surface area (Å²) in [5.41, 5.74) is 0. The van der Waals surface area contributed by atoms with Crippen molar-refractivity contribution < 1.29 is 48.0 Å². The van der Waals surface area contributed by atoms with Gasteiger partial charge in [-0.05, 0) is 25.7 Å². The Morgan fingerprint density at radius 2 is 0.925 bits per heavy atom. The molecule has 0 spiro atoms. The fraction of sp³-hybridized carbons (Fsp3) is 0.867. The molecular weight excluding hydrogens is 520 g/mol. The summed E-state index contributed by atoms with van der Waals surface area (Å²) < 4.78 is 28.1. The van der Waals surface area contributed by atoms with Gasteiger partial charge in [0.1, 0.15) is 12.7 Å². The third-order valence-electron chi connectivity index (χ3n) is 6.76. The van der Waals surface area contributed by atoms with Gasteiger partial charge in [0.2, 0.25) is 0 Å². The maximum absolute atomic E-state index is 12.8. The van der Waals surface area contributed by atoms with Crippen LogP contribution in [-0.4, -0.2) is 66.3 Å². The number of aliphatic hydroxyl groups excluding tert-OH is 1. The first-order chi connectivity index (χ1) is 19.3. The van der Waals surface area contributed by atoms with Crippen molar-refractivity contribution in [2.75, 3.05) is 6.61 Å². The summed E-state index contributed by atoms with van der Waals surface area (Å²) in [4.78, 5) is 50.4. The van der Waals surface area contributed by atoms with Gasteiger partial charge >= 0.3 is 23.9 Å². The summed E-state index contributed by atoms with van der Waals surface area (Å²) >= 11 is 0. The molecule has 0 bridgehead atoms. The van der Waals surface area contributed by atoms with Gasteiger partial charge in [-0.2, -0.15) is 0 Å². The lowest BCUT2D eigenvalue weighted by molar-refractivity contribution is -0.297. The SMILES string of the molecule is CCCCCC(=O)OC[C@H]1O[C@H](O)[C@@H](OC(=O)CCCCC)[C@@H](OC(=O)CCCCC)[C@@H]1OC(=O)CCCCC. The first-order valence-corrected chi connectivity index (χ1v) is 15.3. The summed E-state index contributed by atoms with van der Waals surface area (Å²) in [6, 6.07) is 0. The van der Waals surface area contributed by atoms with E-state index in [9.17, 15) is 24.3 Å². The minimum Gasteiger partial charge on any atom is -0.463 e. The van der Waals surface area contributed by atoms with Crippen molar-refractivity contribution in [2.45, 2.75) is 161 Å². The Labute approximate surface area is 239 Å². The first kappa shape index (κ1) is 35.8. The minimum atomic E-state index is -1.68. The van der Waals surface area contributed by atoms with Crippen molar-refractivity contribution in [2.24, 2.45) is 0 Å². The summed E-state index contributed by atoms with van der Waals surface area (Å²) in [5.74, 6) is -2.14. The van der Waals surface area contributed by atoms with Crippen LogP contribution in [0.2, 0.25) is 0 Å². The number of rotatable bonds is 21. The van der Waals surface area contributed by atoms with Crippen LogP contribution in [0.3, 0.4) is 0 Å². The van der Waals surface area contributed by atoms with E-state index in [4.69, 9.17) is 23.7 Å². The molecule has 0 saturated carbocycles. The smallest absolute Gasteiger partial charge is 0.306 e. The van der Waals surface area contributed by atoms with Crippen molar-refractivity contribution in [1.29, 1.82) is 0 Å². The molecule has 1 aliphatic heterocycles. The highest BCUT2D eigenvalue weighted by Crippen LogP contribution is 2.29. The molecule has 0 amide bonds. The van der Waals surface area contributed by atoms with Crippen molar-refractivity contribution in [3.8, 4) is 0 Å². The molecule has 10 heteroatoms. The molecule has 0 aromatic carbocycles. The highest BCUT2D eigenvalue weighted by Gasteiger charge is 2.52. The predicted molar refractivity (Wildman–Crippen MR) is 148 cm³/mol. The topological polar surface area (TPSA) is 135 Å². The third-order valence-corrected chi connectivity index (χ3v) is 6.76. The summed E-state index contributed by atoms with van der Waals surface area (Å²) in [7, 11) is 0. The zero-order chi connectivity index (χ0) is 29.8. The van der Waals surface area contributed by atoms with Gasteiger partial charge in [-0.3, -0.25) is 19.2 Å². The Morgan fingerprint density at radius 1 is 0.550 bits per heavy atom. The van der Waals surface area contributed by atoms with Crippen molar-refractivity contribution >= 4 is 23.9 Å². The average molecular weight is 573 g/mol. The first-order valence-electron chi connectivity index (χ1n) is 15.3. The molecule has 1 rings (SSSR count). The van der Waals surface area contributed by atoms with Gasteiger partial charge in [0.15, 0.2) is 24.6 Å². The van der Waals surface area contributed by atoms with E-state index in [0.29, 0.717) is 25.7 Å². The fourth-order valence-electron chi connectivity index (χ4n) is 4.39. The van der Waals surface area contributed by atoms with E-state index in [2.05, 4.69) is 0 Å². The number of unbranched alkanes of at least 4 members (excludes halogenated alkanes) is 8. The molecule has 0 aromatic rings.